The Labute approximate surface area is 120 Å². The normalized spacial score (nSPS) is 39.0. The van der Waals surface area contributed by atoms with Crippen molar-refractivity contribution >= 4 is 35.5 Å². The lowest BCUT2D eigenvalue weighted by Gasteiger charge is -2.46. The molecule has 3 aliphatic rings. The number of fused-ring (bicyclic) bond motifs is 1. The molecular weight excluding hydrogens is 288 g/mol. The van der Waals surface area contributed by atoms with Crippen LogP contribution in [0.4, 0.5) is 0 Å². The maximum Gasteiger partial charge on any atom is 0.361 e. The Morgan fingerprint density at radius 1 is 1.21 bits per heavy atom. The maximum absolute atomic E-state index is 11.5. The van der Waals surface area contributed by atoms with E-state index in [0.717, 1.165) is 13.1 Å². The fourth-order valence-corrected chi connectivity index (χ4v) is 6.37. The van der Waals surface area contributed by atoms with Crippen LogP contribution in [-0.2, 0) is 19.1 Å². The summed E-state index contributed by atoms with van der Waals surface area (Å²) >= 11 is 2.80. The van der Waals surface area contributed by atoms with Gasteiger partial charge in [0.05, 0.1) is 10.2 Å². The van der Waals surface area contributed by atoms with Crippen molar-refractivity contribution in [1.29, 1.82) is 0 Å². The van der Waals surface area contributed by atoms with E-state index in [1.807, 2.05) is 14.1 Å². The number of likely N-dealkylation sites (N-methyl/N-ethyl adjacent to an activating group) is 2. The van der Waals surface area contributed by atoms with Gasteiger partial charge in [0.25, 0.3) is 0 Å². The molecule has 0 bridgehead atoms. The van der Waals surface area contributed by atoms with Gasteiger partial charge >= 0.3 is 16.4 Å². The number of esters is 2. The molecule has 19 heavy (non-hydrogen) atoms. The predicted octanol–water partition coefficient (Wildman–Crippen LogP) is 0.487. The molecule has 0 N–H and O–H groups in total. The second-order valence-corrected chi connectivity index (χ2v) is 8.20. The van der Waals surface area contributed by atoms with Crippen LogP contribution in [0.2, 0.25) is 0 Å². The molecule has 3 saturated heterocycles. The number of hydrogen-bond donors (Lipinski definition) is 0. The molecule has 3 rings (SSSR count). The van der Waals surface area contributed by atoms with Crippen LogP contribution in [0.1, 0.15) is 13.3 Å². The van der Waals surface area contributed by atoms with Crippen LogP contribution in [0.15, 0.2) is 0 Å². The number of thioether (sulfide) groups is 2. The monoisotopic (exact) mass is 304 g/mol. The van der Waals surface area contributed by atoms with Crippen LogP contribution >= 0.6 is 23.5 Å². The lowest BCUT2D eigenvalue weighted by molar-refractivity contribution is -0.193. The van der Waals surface area contributed by atoms with Gasteiger partial charge in [-0.25, -0.2) is 0 Å². The third kappa shape index (κ3) is 2.05. The molecule has 106 valence electrons. The molecule has 0 amide bonds. The molecule has 2 atom stereocenters. The van der Waals surface area contributed by atoms with Crippen LogP contribution in [0, 0.1) is 0 Å². The zero-order valence-corrected chi connectivity index (χ0v) is 12.7. The first kappa shape index (κ1) is 13.5. The molecule has 2 unspecified atom stereocenters. The number of nitrogens with zero attached hydrogens (tertiary/aromatic N) is 2. The van der Waals surface area contributed by atoms with Crippen molar-refractivity contribution in [3.8, 4) is 0 Å². The lowest BCUT2D eigenvalue weighted by atomic mass is 10.2. The largest absolute Gasteiger partial charge is 0.403 e. The highest BCUT2D eigenvalue weighted by atomic mass is 32.2. The van der Waals surface area contributed by atoms with Crippen molar-refractivity contribution in [3.63, 3.8) is 0 Å². The summed E-state index contributed by atoms with van der Waals surface area (Å²) in [6.45, 7) is 3.95. The SMILES string of the molecule is CN1CCN(C)C2(C)SC3(OC(=O)CC(=O)O3)SC12. The first-order valence-corrected chi connectivity index (χ1v) is 7.77. The number of rotatable bonds is 0. The minimum atomic E-state index is -1.22. The molecule has 0 aliphatic carbocycles. The van der Waals surface area contributed by atoms with Crippen molar-refractivity contribution in [2.24, 2.45) is 0 Å². The average molecular weight is 304 g/mol. The third-order valence-corrected chi connectivity index (χ3v) is 7.31. The second-order valence-electron chi connectivity index (χ2n) is 5.15. The molecule has 6 nitrogen and oxygen atoms in total. The van der Waals surface area contributed by atoms with Gasteiger partial charge in [-0.3, -0.25) is 19.4 Å². The van der Waals surface area contributed by atoms with Crippen LogP contribution in [0.5, 0.6) is 0 Å². The quantitative estimate of drug-likeness (QED) is 0.473. The minimum Gasteiger partial charge on any atom is -0.403 e. The van der Waals surface area contributed by atoms with E-state index >= 15 is 0 Å². The van der Waals surface area contributed by atoms with Gasteiger partial charge in [0.1, 0.15) is 6.42 Å². The molecule has 0 saturated carbocycles. The van der Waals surface area contributed by atoms with Crippen molar-refractivity contribution < 1.29 is 19.1 Å². The lowest BCUT2D eigenvalue weighted by Crippen LogP contribution is -2.59. The summed E-state index contributed by atoms with van der Waals surface area (Å²) in [4.78, 5) is 27.2. The molecule has 0 aromatic rings. The smallest absolute Gasteiger partial charge is 0.361 e. The number of piperazine rings is 1. The van der Waals surface area contributed by atoms with E-state index in [0.29, 0.717) is 0 Å². The van der Waals surface area contributed by atoms with Crippen LogP contribution in [0.25, 0.3) is 0 Å². The molecule has 3 fully saturated rings. The van der Waals surface area contributed by atoms with Crippen molar-refractivity contribution in [1.82, 2.24) is 9.80 Å². The Hall–Kier alpha value is -0.440. The third-order valence-electron chi connectivity index (χ3n) is 3.76. The zero-order valence-electron chi connectivity index (χ0n) is 11.0. The van der Waals surface area contributed by atoms with E-state index in [1.165, 1.54) is 23.5 Å². The Kier molecular flexibility index (Phi) is 3.05. The first-order valence-electron chi connectivity index (χ1n) is 6.08. The topological polar surface area (TPSA) is 59.1 Å². The summed E-state index contributed by atoms with van der Waals surface area (Å²) in [5.41, 5.74) is 0. The molecule has 0 aromatic heterocycles. The molecule has 8 heteroatoms. The fraction of sp³-hybridized carbons (Fsp3) is 0.818. The molecule has 3 heterocycles. The molecule has 0 aromatic carbocycles. The van der Waals surface area contributed by atoms with Crippen LogP contribution < -0.4 is 0 Å². The van der Waals surface area contributed by atoms with E-state index in [4.69, 9.17) is 9.47 Å². The summed E-state index contributed by atoms with van der Waals surface area (Å²) in [6.07, 6.45) is -0.296. The van der Waals surface area contributed by atoms with Gasteiger partial charge in [0, 0.05) is 13.1 Å². The molecule has 0 radical (unpaired) electrons. The standard InChI is InChI=1S/C11H16N2O4S2/c1-10-9(12(2)4-5-13(10)3)18-11(19-10)16-7(14)6-8(15)17-11/h9H,4-6H2,1-3H3. The second kappa shape index (κ2) is 4.28. The summed E-state index contributed by atoms with van der Waals surface area (Å²) < 4.78 is 9.48. The van der Waals surface area contributed by atoms with Gasteiger partial charge in [-0.2, -0.15) is 0 Å². The Balaban J connectivity index is 1.92. The molecule has 3 aliphatic heterocycles. The minimum absolute atomic E-state index is 0.106. The molecule has 1 spiro atoms. The predicted molar refractivity (Wildman–Crippen MR) is 72.2 cm³/mol. The molecular formula is C11H16N2O4S2. The number of carbonyl (C=O) groups is 2. The van der Waals surface area contributed by atoms with Gasteiger partial charge in [-0.15, -0.1) is 0 Å². The van der Waals surface area contributed by atoms with Gasteiger partial charge in [-0.1, -0.05) is 0 Å². The van der Waals surface area contributed by atoms with E-state index in [-0.39, 0.29) is 16.7 Å². The van der Waals surface area contributed by atoms with Gasteiger partial charge in [-0.05, 0) is 44.5 Å². The zero-order chi connectivity index (χ0) is 13.8. The van der Waals surface area contributed by atoms with Crippen molar-refractivity contribution in [2.45, 2.75) is 28.0 Å². The summed E-state index contributed by atoms with van der Waals surface area (Å²) in [5, 5.41) is 0.106. The van der Waals surface area contributed by atoms with E-state index in [2.05, 4.69) is 16.7 Å². The summed E-state index contributed by atoms with van der Waals surface area (Å²) in [6, 6.07) is 0. The van der Waals surface area contributed by atoms with Gasteiger partial charge in [0.2, 0.25) is 0 Å². The highest BCUT2D eigenvalue weighted by molar-refractivity contribution is 8.22. The summed E-state index contributed by atoms with van der Waals surface area (Å²) in [7, 11) is 4.08. The van der Waals surface area contributed by atoms with E-state index in [1.54, 1.807) is 0 Å². The number of ether oxygens (including phenoxy) is 2. The summed E-state index contributed by atoms with van der Waals surface area (Å²) in [5.74, 6) is -1.02. The average Bonchev–Trinajstić information content (AvgIpc) is 2.57. The van der Waals surface area contributed by atoms with Crippen molar-refractivity contribution in [3.05, 3.63) is 0 Å². The number of hydrogen-bond acceptors (Lipinski definition) is 8. The van der Waals surface area contributed by atoms with Crippen LogP contribution in [-0.4, -0.2) is 63.6 Å². The van der Waals surface area contributed by atoms with Gasteiger partial charge < -0.3 is 9.47 Å². The first-order chi connectivity index (χ1) is 8.85. The van der Waals surface area contributed by atoms with Crippen LogP contribution in [0.3, 0.4) is 0 Å². The Morgan fingerprint density at radius 2 is 1.84 bits per heavy atom. The Bertz CT molecular complexity index is 430. The fourth-order valence-electron chi connectivity index (χ4n) is 2.57. The number of carbonyl (C=O) groups excluding carboxylic acids is 2. The van der Waals surface area contributed by atoms with E-state index < -0.39 is 16.4 Å². The van der Waals surface area contributed by atoms with Gasteiger partial charge in [0.15, 0.2) is 0 Å². The van der Waals surface area contributed by atoms with Crippen molar-refractivity contribution in [2.75, 3.05) is 27.2 Å². The van der Waals surface area contributed by atoms with E-state index in [9.17, 15) is 9.59 Å². The highest BCUT2D eigenvalue weighted by Crippen LogP contribution is 2.62. The Morgan fingerprint density at radius 3 is 2.42 bits per heavy atom. The maximum atomic E-state index is 11.5. The highest BCUT2D eigenvalue weighted by Gasteiger charge is 2.64.